The smallest absolute Gasteiger partial charge is 0.0794 e. The third-order valence-electron chi connectivity index (χ3n) is 2.70. The molecular formula is C14H17BrN2S2. The van der Waals surface area contributed by atoms with Gasteiger partial charge in [0.2, 0.25) is 0 Å². The Balaban J connectivity index is 1.91. The van der Waals surface area contributed by atoms with Crippen molar-refractivity contribution >= 4 is 39.0 Å². The van der Waals surface area contributed by atoms with E-state index in [4.69, 9.17) is 0 Å². The fourth-order valence-corrected chi connectivity index (χ4v) is 4.12. The van der Waals surface area contributed by atoms with E-state index < -0.39 is 0 Å². The van der Waals surface area contributed by atoms with Gasteiger partial charge in [0.05, 0.1) is 5.51 Å². The number of hydrogen-bond acceptors (Lipinski definition) is 4. The molecule has 1 unspecified atom stereocenters. The highest BCUT2D eigenvalue weighted by Gasteiger charge is 2.11. The van der Waals surface area contributed by atoms with E-state index in [9.17, 15) is 0 Å². The number of halogens is 1. The summed E-state index contributed by atoms with van der Waals surface area (Å²) in [5.41, 5.74) is 1.90. The van der Waals surface area contributed by atoms with Crippen molar-refractivity contribution in [2.75, 3.05) is 12.3 Å². The van der Waals surface area contributed by atoms with Gasteiger partial charge in [0, 0.05) is 32.2 Å². The van der Waals surface area contributed by atoms with E-state index in [1.807, 2.05) is 29.5 Å². The van der Waals surface area contributed by atoms with Crippen LogP contribution in [0.1, 0.15) is 11.8 Å². The summed E-state index contributed by atoms with van der Waals surface area (Å²) in [5.74, 6) is 1.06. The van der Waals surface area contributed by atoms with Crippen molar-refractivity contribution < 1.29 is 0 Å². The number of hydrogen-bond donors (Lipinski definition) is 1. The van der Waals surface area contributed by atoms with Gasteiger partial charge in [-0.3, -0.25) is 4.98 Å². The van der Waals surface area contributed by atoms with Crippen LogP contribution in [-0.4, -0.2) is 23.3 Å². The van der Waals surface area contributed by atoms with Crippen molar-refractivity contribution in [3.05, 3.63) is 45.3 Å². The predicted octanol–water partition coefficient (Wildman–Crippen LogP) is 4.22. The predicted molar refractivity (Wildman–Crippen MR) is 88.1 cm³/mol. The maximum Gasteiger partial charge on any atom is 0.0794 e. The quantitative estimate of drug-likeness (QED) is 0.751. The van der Waals surface area contributed by atoms with Crippen molar-refractivity contribution in [1.29, 1.82) is 0 Å². The number of aromatic nitrogens is 1. The number of likely N-dealkylation sites (N-methyl/N-ethyl adjacent to an activating group) is 1. The summed E-state index contributed by atoms with van der Waals surface area (Å²) >= 11 is 7.22. The first-order chi connectivity index (χ1) is 9.29. The number of thioether (sulfide) groups is 1. The highest BCUT2D eigenvalue weighted by molar-refractivity contribution is 9.10. The molecule has 0 saturated heterocycles. The average Bonchev–Trinajstić information content (AvgIpc) is 2.91. The molecule has 0 bridgehead atoms. The van der Waals surface area contributed by atoms with Crippen LogP contribution in [0.3, 0.4) is 0 Å². The normalized spacial score (nSPS) is 12.5. The van der Waals surface area contributed by atoms with Gasteiger partial charge >= 0.3 is 0 Å². The first kappa shape index (κ1) is 15.0. The highest BCUT2D eigenvalue weighted by atomic mass is 79.9. The molecule has 0 saturated carbocycles. The van der Waals surface area contributed by atoms with Gasteiger partial charge in [-0.1, -0.05) is 19.1 Å². The molecule has 1 N–H and O–H groups in total. The van der Waals surface area contributed by atoms with Gasteiger partial charge in [-0.2, -0.15) is 0 Å². The van der Waals surface area contributed by atoms with E-state index in [1.54, 1.807) is 11.3 Å². The van der Waals surface area contributed by atoms with Crippen LogP contribution in [0.4, 0.5) is 0 Å². The molecule has 1 heterocycles. The summed E-state index contributed by atoms with van der Waals surface area (Å²) in [5, 5.41) is 3.55. The van der Waals surface area contributed by atoms with Crippen molar-refractivity contribution in [3.63, 3.8) is 0 Å². The van der Waals surface area contributed by atoms with Crippen LogP contribution in [0, 0.1) is 0 Å². The Morgan fingerprint density at radius 2 is 2.26 bits per heavy atom. The van der Waals surface area contributed by atoms with Crippen LogP contribution in [0.15, 0.2) is 45.3 Å². The van der Waals surface area contributed by atoms with Gasteiger partial charge in [-0.15, -0.1) is 23.1 Å². The highest BCUT2D eigenvalue weighted by Crippen LogP contribution is 2.28. The molecule has 0 amide bonds. The van der Waals surface area contributed by atoms with E-state index in [-0.39, 0.29) is 0 Å². The molecule has 0 aliphatic carbocycles. The summed E-state index contributed by atoms with van der Waals surface area (Å²) in [6.07, 6.45) is 3.02. The Hall–Kier alpha value is -0.360. The SMILES string of the molecule is CCNC(CSc1ccccc1Br)Cc1cncs1. The lowest BCUT2D eigenvalue weighted by molar-refractivity contribution is 0.576. The molecule has 102 valence electrons. The van der Waals surface area contributed by atoms with Crippen LogP contribution in [0.25, 0.3) is 0 Å². The third-order valence-corrected chi connectivity index (χ3v) is 5.69. The van der Waals surface area contributed by atoms with Crippen molar-refractivity contribution in [2.24, 2.45) is 0 Å². The number of nitrogens with zero attached hydrogens (tertiary/aromatic N) is 1. The standard InChI is InChI=1S/C14H17BrN2S2/c1-2-17-11(7-12-8-16-10-19-12)9-18-14-6-4-3-5-13(14)15/h3-6,8,10-11,17H,2,7,9H2,1H3. The zero-order valence-corrected chi connectivity index (χ0v) is 14.0. The molecule has 0 aliphatic rings. The minimum absolute atomic E-state index is 0.488. The van der Waals surface area contributed by atoms with Gasteiger partial charge in [0.25, 0.3) is 0 Å². The molecular weight excluding hydrogens is 340 g/mol. The summed E-state index contributed by atoms with van der Waals surface area (Å²) in [4.78, 5) is 6.79. The second-order valence-electron chi connectivity index (χ2n) is 4.17. The number of thiazole rings is 1. The summed E-state index contributed by atoms with van der Waals surface area (Å²) in [7, 11) is 0. The van der Waals surface area contributed by atoms with E-state index >= 15 is 0 Å². The lowest BCUT2D eigenvalue weighted by Gasteiger charge is -2.16. The molecule has 0 radical (unpaired) electrons. The van der Waals surface area contributed by atoms with Gasteiger partial charge < -0.3 is 5.32 Å². The van der Waals surface area contributed by atoms with Gasteiger partial charge in [-0.25, -0.2) is 0 Å². The fraction of sp³-hybridized carbons (Fsp3) is 0.357. The summed E-state index contributed by atoms with van der Waals surface area (Å²) in [6.45, 7) is 3.16. The number of nitrogens with one attached hydrogen (secondary N) is 1. The maximum atomic E-state index is 4.14. The Bertz CT molecular complexity index is 488. The molecule has 19 heavy (non-hydrogen) atoms. The van der Waals surface area contributed by atoms with Crippen LogP contribution >= 0.6 is 39.0 Å². The van der Waals surface area contributed by atoms with Crippen LogP contribution in [0.5, 0.6) is 0 Å². The Kier molecular flexibility index (Phi) is 6.37. The van der Waals surface area contributed by atoms with Gasteiger partial charge in [0.1, 0.15) is 0 Å². The molecule has 1 atom stereocenters. The Labute approximate surface area is 131 Å². The molecule has 0 aliphatic heterocycles. The zero-order chi connectivity index (χ0) is 13.5. The van der Waals surface area contributed by atoms with Gasteiger partial charge in [0.15, 0.2) is 0 Å². The second-order valence-corrected chi connectivity index (χ2v) is 7.05. The maximum absolute atomic E-state index is 4.14. The Morgan fingerprint density at radius 3 is 2.95 bits per heavy atom. The summed E-state index contributed by atoms with van der Waals surface area (Å²) in [6, 6.07) is 8.87. The summed E-state index contributed by atoms with van der Waals surface area (Å²) < 4.78 is 1.17. The average molecular weight is 357 g/mol. The van der Waals surface area contributed by atoms with Crippen molar-refractivity contribution in [2.45, 2.75) is 24.3 Å². The molecule has 2 nitrogen and oxygen atoms in total. The minimum Gasteiger partial charge on any atom is -0.313 e. The fourth-order valence-electron chi connectivity index (χ4n) is 1.82. The monoisotopic (exact) mass is 356 g/mol. The largest absolute Gasteiger partial charge is 0.313 e. The molecule has 5 heteroatoms. The van der Waals surface area contributed by atoms with Crippen molar-refractivity contribution in [3.8, 4) is 0 Å². The lowest BCUT2D eigenvalue weighted by atomic mass is 10.2. The second kappa shape index (κ2) is 8.04. The number of benzene rings is 1. The molecule has 0 fully saturated rings. The first-order valence-electron chi connectivity index (χ1n) is 6.27. The topological polar surface area (TPSA) is 24.9 Å². The molecule has 2 rings (SSSR count). The minimum atomic E-state index is 0.488. The van der Waals surface area contributed by atoms with Crippen LogP contribution in [-0.2, 0) is 6.42 Å². The molecule has 0 spiro atoms. The van der Waals surface area contributed by atoms with E-state index in [2.05, 4.69) is 51.4 Å². The first-order valence-corrected chi connectivity index (χ1v) is 8.93. The number of rotatable bonds is 7. The molecule has 1 aromatic heterocycles. The van der Waals surface area contributed by atoms with Gasteiger partial charge in [-0.05, 0) is 41.0 Å². The van der Waals surface area contributed by atoms with Crippen LogP contribution < -0.4 is 5.32 Å². The van der Waals surface area contributed by atoms with E-state index in [0.29, 0.717) is 6.04 Å². The lowest BCUT2D eigenvalue weighted by Crippen LogP contribution is -2.33. The molecule has 2 aromatic rings. The zero-order valence-electron chi connectivity index (χ0n) is 10.8. The van der Waals surface area contributed by atoms with E-state index in [1.165, 1.54) is 14.2 Å². The Morgan fingerprint density at radius 1 is 1.42 bits per heavy atom. The third kappa shape index (κ3) is 4.91. The van der Waals surface area contributed by atoms with Crippen molar-refractivity contribution in [1.82, 2.24) is 10.3 Å². The van der Waals surface area contributed by atoms with Crippen LogP contribution in [0.2, 0.25) is 0 Å². The van der Waals surface area contributed by atoms with E-state index in [0.717, 1.165) is 18.7 Å². The molecule has 1 aromatic carbocycles.